The van der Waals surface area contributed by atoms with Crippen molar-refractivity contribution in [2.75, 3.05) is 0 Å². The minimum Gasteiger partial charge on any atom is -0.508 e. The van der Waals surface area contributed by atoms with E-state index in [1.54, 1.807) is 0 Å². The lowest BCUT2D eigenvalue weighted by atomic mass is 9.95. The van der Waals surface area contributed by atoms with Crippen LogP contribution in [0.2, 0.25) is 0 Å². The smallest absolute Gasteiger partial charge is 0.315 e. The molecule has 43 heavy (non-hydrogen) atoms. The zero-order chi connectivity index (χ0) is 31.1. The van der Waals surface area contributed by atoms with Crippen LogP contribution in [0.4, 0.5) is 0 Å². The van der Waals surface area contributed by atoms with Crippen molar-refractivity contribution in [3.8, 4) is 56.8 Å². The van der Waals surface area contributed by atoms with Crippen molar-refractivity contribution in [3.63, 3.8) is 0 Å². The van der Waals surface area contributed by atoms with Crippen molar-refractivity contribution in [2.24, 2.45) is 0 Å². The molecule has 0 aromatic heterocycles. The van der Waals surface area contributed by atoms with Crippen LogP contribution in [0.1, 0.15) is 32.3 Å². The number of carbonyl (C=O) groups excluding carboxylic acids is 3. The van der Waals surface area contributed by atoms with E-state index in [4.69, 9.17) is 14.2 Å². The van der Waals surface area contributed by atoms with Gasteiger partial charge in [0.1, 0.15) is 17.6 Å². The summed E-state index contributed by atoms with van der Waals surface area (Å²) in [7, 11) is 0. The maximum absolute atomic E-state index is 13.0. The molecule has 0 fully saturated rings. The summed E-state index contributed by atoms with van der Waals surface area (Å²) in [6.45, 7) is 2.68. The van der Waals surface area contributed by atoms with Crippen molar-refractivity contribution >= 4 is 17.9 Å². The predicted molar refractivity (Wildman–Crippen MR) is 156 cm³/mol. The molecule has 0 amide bonds. The number of phenolic OH excluding ortho intramolecular Hbond substituents is 4. The van der Waals surface area contributed by atoms with Crippen LogP contribution >= 0.6 is 0 Å². The van der Waals surface area contributed by atoms with Crippen LogP contribution in [0.15, 0.2) is 78.9 Å². The second-order valence-corrected chi connectivity index (χ2v) is 9.76. The highest BCUT2D eigenvalue weighted by Gasteiger charge is 2.31. The number of aromatic hydroxyl groups is 4. The van der Waals surface area contributed by atoms with E-state index >= 15 is 0 Å². The number of aryl methyl sites for hydroxylation is 1. The Morgan fingerprint density at radius 3 is 1.60 bits per heavy atom. The van der Waals surface area contributed by atoms with Gasteiger partial charge in [-0.15, -0.1) is 0 Å². The van der Waals surface area contributed by atoms with Crippen molar-refractivity contribution in [1.82, 2.24) is 0 Å². The molecule has 0 heterocycles. The minimum absolute atomic E-state index is 0.0570. The Balaban J connectivity index is 1.84. The second kappa shape index (κ2) is 13.4. The van der Waals surface area contributed by atoms with Gasteiger partial charge in [-0.2, -0.15) is 0 Å². The van der Waals surface area contributed by atoms with Crippen LogP contribution in [-0.4, -0.2) is 44.4 Å². The van der Waals surface area contributed by atoms with Crippen LogP contribution in [0, 0.1) is 0 Å². The van der Waals surface area contributed by atoms with Gasteiger partial charge in [-0.05, 0) is 54.3 Å². The third kappa shape index (κ3) is 7.62. The third-order valence-electron chi connectivity index (χ3n) is 6.38. The van der Waals surface area contributed by atoms with Gasteiger partial charge in [-0.3, -0.25) is 14.4 Å². The molecule has 4 aromatic rings. The van der Waals surface area contributed by atoms with Gasteiger partial charge in [0.05, 0.1) is 17.5 Å². The zero-order valence-electron chi connectivity index (χ0n) is 23.4. The predicted octanol–water partition coefficient (Wildman–Crippen LogP) is 5.63. The van der Waals surface area contributed by atoms with Crippen LogP contribution in [-0.2, 0) is 25.5 Å². The quantitative estimate of drug-likeness (QED) is 0.104. The molecule has 0 radical (unpaired) electrons. The summed E-state index contributed by atoms with van der Waals surface area (Å²) in [5, 5.41) is 42.8. The Labute approximate surface area is 247 Å². The number of carbonyl (C=O) groups is 3. The van der Waals surface area contributed by atoms with Gasteiger partial charge in [-0.25, -0.2) is 0 Å². The first-order valence-corrected chi connectivity index (χ1v) is 13.4. The second-order valence-electron chi connectivity index (χ2n) is 9.76. The van der Waals surface area contributed by atoms with E-state index in [-0.39, 0.29) is 46.6 Å². The first kappa shape index (κ1) is 30.4. The monoisotopic (exact) mass is 586 g/mol. The molecule has 0 saturated heterocycles. The molecule has 222 valence electrons. The van der Waals surface area contributed by atoms with E-state index in [2.05, 4.69) is 0 Å². The average Bonchev–Trinajstić information content (AvgIpc) is 2.96. The Bertz CT molecular complexity index is 1610. The normalized spacial score (nSPS) is 11.4. The van der Waals surface area contributed by atoms with Crippen molar-refractivity contribution in [1.29, 1.82) is 0 Å². The largest absolute Gasteiger partial charge is 0.508 e. The van der Waals surface area contributed by atoms with Gasteiger partial charge < -0.3 is 34.6 Å². The molecule has 4 N–H and O–H groups in total. The van der Waals surface area contributed by atoms with E-state index in [0.717, 1.165) is 5.56 Å². The van der Waals surface area contributed by atoms with Crippen LogP contribution in [0.5, 0.6) is 34.5 Å². The minimum atomic E-state index is -0.896. The van der Waals surface area contributed by atoms with E-state index in [1.807, 2.05) is 30.3 Å². The SMILES string of the molecule is CC(=O)O[C@@H](C)CC(=O)Oc1c(O)c(-c2ccc(O)cc2)c(OC(=O)CCc2ccccc2)c(O)c1-c1ccc(O)cc1. The van der Waals surface area contributed by atoms with Crippen molar-refractivity contribution < 1.29 is 49.0 Å². The lowest BCUT2D eigenvalue weighted by molar-refractivity contribution is -0.149. The van der Waals surface area contributed by atoms with Crippen LogP contribution < -0.4 is 9.47 Å². The van der Waals surface area contributed by atoms with Gasteiger partial charge in [0.25, 0.3) is 0 Å². The van der Waals surface area contributed by atoms with Crippen LogP contribution in [0.3, 0.4) is 0 Å². The lowest BCUT2D eigenvalue weighted by Gasteiger charge is -2.21. The van der Waals surface area contributed by atoms with Crippen molar-refractivity contribution in [2.45, 2.75) is 39.2 Å². The summed E-state index contributed by atoms with van der Waals surface area (Å²) in [5.41, 5.74) is 0.947. The average molecular weight is 587 g/mol. The molecule has 0 aliphatic heterocycles. The summed E-state index contributed by atoms with van der Waals surface area (Å²) < 4.78 is 16.2. The summed E-state index contributed by atoms with van der Waals surface area (Å²) in [6.07, 6.45) is -0.931. The number of rotatable bonds is 10. The highest BCUT2D eigenvalue weighted by Crippen LogP contribution is 2.56. The molecule has 10 nitrogen and oxygen atoms in total. The fraction of sp³-hybridized carbons (Fsp3) is 0.182. The number of benzene rings is 4. The highest BCUT2D eigenvalue weighted by molar-refractivity contribution is 5.95. The first-order valence-electron chi connectivity index (χ1n) is 13.4. The molecule has 0 bridgehead atoms. The Hall–Kier alpha value is -5.51. The fourth-order valence-corrected chi connectivity index (χ4v) is 4.44. The topological polar surface area (TPSA) is 160 Å². The van der Waals surface area contributed by atoms with E-state index in [0.29, 0.717) is 6.42 Å². The molecular weight excluding hydrogens is 556 g/mol. The Morgan fingerprint density at radius 2 is 1.14 bits per heavy atom. The number of esters is 3. The first-order chi connectivity index (χ1) is 20.5. The molecule has 0 aliphatic rings. The molecule has 4 rings (SSSR count). The summed E-state index contributed by atoms with van der Waals surface area (Å²) in [4.78, 5) is 37.3. The molecule has 0 spiro atoms. The van der Waals surface area contributed by atoms with E-state index < -0.39 is 47.0 Å². The lowest BCUT2D eigenvalue weighted by Crippen LogP contribution is -2.20. The molecule has 1 atom stereocenters. The Morgan fingerprint density at radius 1 is 0.674 bits per heavy atom. The fourth-order valence-electron chi connectivity index (χ4n) is 4.44. The zero-order valence-corrected chi connectivity index (χ0v) is 23.4. The summed E-state index contributed by atoms with van der Waals surface area (Å²) in [6, 6.07) is 20.2. The third-order valence-corrected chi connectivity index (χ3v) is 6.38. The molecule has 10 heteroatoms. The molecule has 0 saturated carbocycles. The number of phenols is 4. The highest BCUT2D eigenvalue weighted by atomic mass is 16.6. The van der Waals surface area contributed by atoms with Gasteiger partial charge in [0, 0.05) is 13.3 Å². The van der Waals surface area contributed by atoms with E-state index in [9.17, 15) is 34.8 Å². The van der Waals surface area contributed by atoms with Gasteiger partial charge in [0.2, 0.25) is 0 Å². The molecule has 4 aromatic carbocycles. The molecule has 0 aliphatic carbocycles. The van der Waals surface area contributed by atoms with Gasteiger partial charge in [-0.1, -0.05) is 54.6 Å². The standard InChI is InChI=1S/C33H30O10/c1-19(41-20(2)34)18-27(38)43-33-29(23-11-15-25(36)16-12-23)30(39)32(28(31(33)40)22-9-13-24(35)14-10-22)42-26(37)17-8-21-6-4-3-5-7-21/h3-7,9-16,19,35-36,39-40H,8,17-18H2,1-2H3/t19-/m0/s1. The summed E-state index contributed by atoms with van der Waals surface area (Å²) in [5.74, 6) is -4.52. The maximum Gasteiger partial charge on any atom is 0.315 e. The van der Waals surface area contributed by atoms with Gasteiger partial charge in [0.15, 0.2) is 23.0 Å². The van der Waals surface area contributed by atoms with Gasteiger partial charge >= 0.3 is 17.9 Å². The Kier molecular flexibility index (Phi) is 9.51. The molecule has 0 unspecified atom stereocenters. The van der Waals surface area contributed by atoms with E-state index in [1.165, 1.54) is 62.4 Å². The number of hydrogen-bond donors (Lipinski definition) is 4. The number of ether oxygens (including phenoxy) is 3. The van der Waals surface area contributed by atoms with Crippen molar-refractivity contribution in [3.05, 3.63) is 84.4 Å². The number of hydrogen-bond acceptors (Lipinski definition) is 10. The van der Waals surface area contributed by atoms with Crippen LogP contribution in [0.25, 0.3) is 22.3 Å². The maximum atomic E-state index is 13.0. The summed E-state index contributed by atoms with van der Waals surface area (Å²) >= 11 is 0. The molecular formula is C33H30O10.